The van der Waals surface area contributed by atoms with Crippen LogP contribution in [0.1, 0.15) is 45.1 Å². The number of nitrogens with zero attached hydrogens (tertiary/aromatic N) is 4. The SMILES string of the molecule is CC(C)NC(=O)C[C@@H]1CN(Cc2cncnc2)[C@@H]2CO[C@@H](CC(=O)N3CCCC3)[C@H]12. The molecule has 4 atom stereocenters. The van der Waals surface area contributed by atoms with Gasteiger partial charge in [-0.2, -0.15) is 0 Å². The molecule has 1 N–H and O–H groups in total. The van der Waals surface area contributed by atoms with Gasteiger partial charge in [0.25, 0.3) is 0 Å². The first-order valence-electron chi connectivity index (χ1n) is 11.2. The van der Waals surface area contributed by atoms with Crippen molar-refractivity contribution in [2.75, 3.05) is 26.2 Å². The second kappa shape index (κ2) is 9.39. The lowest BCUT2D eigenvalue weighted by Crippen LogP contribution is -2.37. The number of aromatic nitrogens is 2. The molecule has 0 unspecified atom stereocenters. The third-order valence-electron chi connectivity index (χ3n) is 6.57. The third-order valence-corrected chi connectivity index (χ3v) is 6.57. The summed E-state index contributed by atoms with van der Waals surface area (Å²) in [5.41, 5.74) is 1.06. The number of amides is 2. The minimum atomic E-state index is -0.114. The molecule has 3 aliphatic rings. The molecular weight excluding hydrogens is 382 g/mol. The van der Waals surface area contributed by atoms with Crippen molar-refractivity contribution in [3.8, 4) is 0 Å². The normalized spacial score (nSPS) is 28.8. The van der Waals surface area contributed by atoms with Crippen molar-refractivity contribution in [1.82, 2.24) is 25.1 Å². The van der Waals surface area contributed by atoms with Crippen LogP contribution in [0.2, 0.25) is 0 Å². The van der Waals surface area contributed by atoms with Gasteiger partial charge in [-0.25, -0.2) is 9.97 Å². The second-order valence-corrected chi connectivity index (χ2v) is 9.17. The fourth-order valence-electron chi connectivity index (χ4n) is 5.33. The van der Waals surface area contributed by atoms with Gasteiger partial charge in [0, 0.05) is 68.6 Å². The van der Waals surface area contributed by atoms with Crippen LogP contribution in [0, 0.1) is 11.8 Å². The zero-order valence-corrected chi connectivity index (χ0v) is 18.0. The maximum absolute atomic E-state index is 12.8. The Morgan fingerprint density at radius 3 is 2.63 bits per heavy atom. The molecule has 0 bridgehead atoms. The molecule has 0 radical (unpaired) electrons. The summed E-state index contributed by atoms with van der Waals surface area (Å²) in [5, 5.41) is 3.02. The van der Waals surface area contributed by atoms with Crippen molar-refractivity contribution in [2.24, 2.45) is 11.8 Å². The maximum atomic E-state index is 12.8. The molecule has 4 heterocycles. The topological polar surface area (TPSA) is 87.7 Å². The van der Waals surface area contributed by atoms with Gasteiger partial charge < -0.3 is 15.0 Å². The highest BCUT2D eigenvalue weighted by molar-refractivity contribution is 5.77. The van der Waals surface area contributed by atoms with Crippen LogP contribution in [0.25, 0.3) is 0 Å². The van der Waals surface area contributed by atoms with Crippen molar-refractivity contribution in [2.45, 2.75) is 64.3 Å². The van der Waals surface area contributed by atoms with Gasteiger partial charge in [-0.05, 0) is 32.6 Å². The molecule has 8 heteroatoms. The molecule has 1 aromatic heterocycles. The number of nitrogens with one attached hydrogen (secondary N) is 1. The Morgan fingerprint density at radius 1 is 1.20 bits per heavy atom. The molecule has 164 valence electrons. The summed E-state index contributed by atoms with van der Waals surface area (Å²) in [5.74, 6) is 0.643. The van der Waals surface area contributed by atoms with Crippen LogP contribution in [0.4, 0.5) is 0 Å². The van der Waals surface area contributed by atoms with E-state index in [9.17, 15) is 9.59 Å². The molecule has 0 spiro atoms. The van der Waals surface area contributed by atoms with Crippen molar-refractivity contribution in [1.29, 1.82) is 0 Å². The van der Waals surface area contributed by atoms with E-state index in [1.54, 1.807) is 0 Å². The van der Waals surface area contributed by atoms with Gasteiger partial charge in [0.05, 0.1) is 19.1 Å². The predicted octanol–water partition coefficient (Wildman–Crippen LogP) is 1.22. The monoisotopic (exact) mass is 415 g/mol. The van der Waals surface area contributed by atoms with Gasteiger partial charge in [-0.3, -0.25) is 14.5 Å². The van der Waals surface area contributed by atoms with Crippen LogP contribution in [-0.2, 0) is 20.9 Å². The van der Waals surface area contributed by atoms with Gasteiger partial charge >= 0.3 is 0 Å². The lowest BCUT2D eigenvalue weighted by atomic mass is 9.84. The van der Waals surface area contributed by atoms with Gasteiger partial charge in [-0.1, -0.05) is 0 Å². The van der Waals surface area contributed by atoms with Crippen molar-refractivity contribution < 1.29 is 14.3 Å². The number of hydrogen-bond acceptors (Lipinski definition) is 6. The number of carbonyl (C=O) groups excluding carboxylic acids is 2. The number of fused-ring (bicyclic) bond motifs is 1. The van der Waals surface area contributed by atoms with E-state index in [0.29, 0.717) is 19.4 Å². The Bertz CT molecular complexity index is 738. The first kappa shape index (κ1) is 21.2. The first-order valence-corrected chi connectivity index (χ1v) is 11.2. The molecule has 0 saturated carbocycles. The van der Waals surface area contributed by atoms with E-state index < -0.39 is 0 Å². The molecule has 0 aromatic carbocycles. The fraction of sp³-hybridized carbons (Fsp3) is 0.727. The van der Waals surface area contributed by atoms with Crippen LogP contribution >= 0.6 is 0 Å². The Kier molecular flexibility index (Phi) is 6.63. The summed E-state index contributed by atoms with van der Waals surface area (Å²) in [6.07, 6.45) is 8.17. The average molecular weight is 416 g/mol. The number of carbonyl (C=O) groups is 2. The fourth-order valence-corrected chi connectivity index (χ4v) is 5.33. The third kappa shape index (κ3) is 4.81. The number of hydrogen-bond donors (Lipinski definition) is 1. The summed E-state index contributed by atoms with van der Waals surface area (Å²) in [6.45, 7) is 7.85. The Balaban J connectivity index is 1.47. The van der Waals surface area contributed by atoms with Crippen LogP contribution in [0.3, 0.4) is 0 Å². The van der Waals surface area contributed by atoms with Crippen molar-refractivity contribution in [3.05, 3.63) is 24.3 Å². The molecule has 30 heavy (non-hydrogen) atoms. The molecular formula is C22H33N5O3. The second-order valence-electron chi connectivity index (χ2n) is 9.17. The number of ether oxygens (including phenoxy) is 1. The van der Waals surface area contributed by atoms with Crippen molar-refractivity contribution in [3.63, 3.8) is 0 Å². The zero-order valence-electron chi connectivity index (χ0n) is 18.0. The molecule has 0 aliphatic carbocycles. The Morgan fingerprint density at radius 2 is 1.93 bits per heavy atom. The van der Waals surface area contributed by atoms with Crippen molar-refractivity contribution >= 4 is 11.8 Å². The molecule has 3 fully saturated rings. The van der Waals surface area contributed by atoms with E-state index in [0.717, 1.165) is 44.6 Å². The number of rotatable bonds is 7. The summed E-state index contributed by atoms with van der Waals surface area (Å²) >= 11 is 0. The molecule has 8 nitrogen and oxygen atoms in total. The van der Waals surface area contributed by atoms with Gasteiger partial charge in [0.15, 0.2) is 0 Å². The van der Waals surface area contributed by atoms with Crippen LogP contribution in [0.15, 0.2) is 18.7 Å². The predicted molar refractivity (Wildman–Crippen MR) is 111 cm³/mol. The van der Waals surface area contributed by atoms with Crippen LogP contribution in [0.5, 0.6) is 0 Å². The molecule has 2 amide bonds. The van der Waals surface area contributed by atoms with Crippen LogP contribution < -0.4 is 5.32 Å². The van der Waals surface area contributed by atoms with E-state index in [4.69, 9.17) is 4.74 Å². The molecule has 4 rings (SSSR count). The van der Waals surface area contributed by atoms with Gasteiger partial charge in [0.2, 0.25) is 11.8 Å². The lowest BCUT2D eigenvalue weighted by Gasteiger charge is -2.25. The van der Waals surface area contributed by atoms with E-state index in [1.807, 2.05) is 31.1 Å². The first-order chi connectivity index (χ1) is 14.5. The van der Waals surface area contributed by atoms with E-state index in [2.05, 4.69) is 20.2 Å². The molecule has 3 aliphatic heterocycles. The van der Waals surface area contributed by atoms with Gasteiger partial charge in [0.1, 0.15) is 6.33 Å². The average Bonchev–Trinajstić information content (AvgIpc) is 3.43. The quantitative estimate of drug-likeness (QED) is 0.721. The zero-order chi connectivity index (χ0) is 21.1. The largest absolute Gasteiger partial charge is 0.376 e. The maximum Gasteiger partial charge on any atom is 0.225 e. The Labute approximate surface area is 178 Å². The molecule has 3 saturated heterocycles. The van der Waals surface area contributed by atoms with Crippen LogP contribution in [-0.4, -0.2) is 76.0 Å². The van der Waals surface area contributed by atoms with E-state index in [1.165, 1.54) is 6.33 Å². The lowest BCUT2D eigenvalue weighted by molar-refractivity contribution is -0.133. The number of likely N-dealkylation sites (tertiary alicyclic amines) is 2. The Hall–Kier alpha value is -2.06. The summed E-state index contributed by atoms with van der Waals surface area (Å²) in [7, 11) is 0. The highest BCUT2D eigenvalue weighted by Crippen LogP contribution is 2.42. The molecule has 1 aromatic rings. The highest BCUT2D eigenvalue weighted by atomic mass is 16.5. The smallest absolute Gasteiger partial charge is 0.225 e. The minimum absolute atomic E-state index is 0.0789. The van der Waals surface area contributed by atoms with E-state index in [-0.39, 0.29) is 41.8 Å². The standard InChI is InChI=1S/C22H33N5O3/c1-15(2)25-20(28)7-17-12-27(11-16-9-23-14-24-10-16)18-13-30-19(22(17)18)8-21(29)26-5-3-4-6-26/h9-10,14-15,17-19,22H,3-8,11-13H2,1-2H3,(H,25,28)/t17-,18-,19+,22-/m1/s1. The summed E-state index contributed by atoms with van der Waals surface area (Å²) < 4.78 is 6.16. The summed E-state index contributed by atoms with van der Waals surface area (Å²) in [6, 6.07) is 0.345. The van der Waals surface area contributed by atoms with Gasteiger partial charge in [-0.15, -0.1) is 0 Å². The minimum Gasteiger partial charge on any atom is -0.376 e. The van der Waals surface area contributed by atoms with E-state index >= 15 is 0 Å². The summed E-state index contributed by atoms with van der Waals surface area (Å²) in [4.78, 5) is 37.9. The highest BCUT2D eigenvalue weighted by Gasteiger charge is 2.51.